The van der Waals surface area contributed by atoms with Crippen LogP contribution in [0.2, 0.25) is 0 Å². The van der Waals surface area contributed by atoms with Crippen molar-refractivity contribution < 1.29 is 9.53 Å². The van der Waals surface area contributed by atoms with Crippen LogP contribution in [-0.4, -0.2) is 17.0 Å². The molecule has 0 rings (SSSR count). The summed E-state index contributed by atoms with van der Waals surface area (Å²) < 4.78 is 5.91. The third kappa shape index (κ3) is 9.59. The molecule has 0 aliphatic rings. The number of ether oxygens (including phenoxy) is 1. The Bertz CT molecular complexity index is 216. The van der Waals surface area contributed by atoms with E-state index in [2.05, 4.69) is 34.7 Å². The minimum atomic E-state index is -0.570. The monoisotopic (exact) mass is 306 g/mol. The number of terminal acetylenes is 1. The van der Waals surface area contributed by atoms with Crippen LogP contribution in [0.1, 0.15) is 25.7 Å². The number of esters is 1. The maximum atomic E-state index is 10.5. The molecule has 78 valence electrons. The summed E-state index contributed by atoms with van der Waals surface area (Å²) in [5.41, 5.74) is 0. The highest BCUT2D eigenvalue weighted by atomic mass is 127. The van der Waals surface area contributed by atoms with Crippen molar-refractivity contribution in [2.75, 3.05) is 11.0 Å². The number of carbonyl (C=O) groups excluding carboxylic acids is 1. The number of alkyl halides is 1. The molecule has 0 spiro atoms. The molecule has 0 fully saturated rings. The average Bonchev–Trinajstić information content (AvgIpc) is 2.21. The average molecular weight is 306 g/mol. The summed E-state index contributed by atoms with van der Waals surface area (Å²) in [5.74, 6) is 1.33. The molecule has 0 aromatic heterocycles. The summed E-state index contributed by atoms with van der Waals surface area (Å²) in [5, 5.41) is 0. The molecule has 14 heavy (non-hydrogen) atoms. The van der Waals surface area contributed by atoms with Crippen LogP contribution in [-0.2, 0) is 9.53 Å². The van der Waals surface area contributed by atoms with Crippen molar-refractivity contribution >= 4 is 28.6 Å². The lowest BCUT2D eigenvalue weighted by molar-refractivity contribution is -0.136. The number of halogens is 1. The van der Waals surface area contributed by atoms with E-state index in [1.54, 1.807) is 0 Å². The topological polar surface area (TPSA) is 26.3 Å². The van der Waals surface area contributed by atoms with Gasteiger partial charge >= 0.3 is 5.97 Å². The summed E-state index contributed by atoms with van der Waals surface area (Å²) in [6.07, 6.45) is 13.3. The van der Waals surface area contributed by atoms with Crippen molar-refractivity contribution in [3.8, 4) is 12.3 Å². The minimum absolute atomic E-state index is 0.416. The summed E-state index contributed by atoms with van der Waals surface area (Å²) in [6.45, 7) is 0.416. The number of hydrogen-bond donors (Lipinski definition) is 0. The molecule has 0 N–H and O–H groups in total. The summed E-state index contributed by atoms with van der Waals surface area (Å²) in [4.78, 5) is 10.5. The second-order valence-electron chi connectivity index (χ2n) is 2.73. The van der Waals surface area contributed by atoms with Gasteiger partial charge < -0.3 is 4.74 Å². The normalized spacial score (nSPS) is 10.0. The molecule has 0 bridgehead atoms. The quantitative estimate of drug-likeness (QED) is 0.137. The maximum absolute atomic E-state index is 10.5. The molecule has 3 heteroatoms. The van der Waals surface area contributed by atoms with E-state index in [-0.39, 0.29) is 0 Å². The van der Waals surface area contributed by atoms with Gasteiger partial charge in [0.25, 0.3) is 0 Å². The van der Waals surface area contributed by atoms with Gasteiger partial charge in [-0.05, 0) is 30.1 Å². The van der Waals surface area contributed by atoms with Crippen LogP contribution >= 0.6 is 22.6 Å². The fraction of sp³-hybridized carbons (Fsp3) is 0.545. The molecule has 2 nitrogen and oxygen atoms in total. The van der Waals surface area contributed by atoms with Gasteiger partial charge in [0.05, 0.1) is 6.61 Å². The highest BCUT2D eigenvalue weighted by Crippen LogP contribution is 1.98. The molecule has 0 radical (unpaired) electrons. The summed E-state index contributed by atoms with van der Waals surface area (Å²) in [6, 6.07) is 0. The molecular weight excluding hydrogens is 291 g/mol. The highest BCUT2D eigenvalue weighted by Gasteiger charge is 1.93. The van der Waals surface area contributed by atoms with Crippen molar-refractivity contribution in [3.63, 3.8) is 0 Å². The lowest BCUT2D eigenvalue weighted by Gasteiger charge is -1.97. The van der Waals surface area contributed by atoms with Crippen LogP contribution in [0.15, 0.2) is 12.2 Å². The zero-order valence-corrected chi connectivity index (χ0v) is 10.3. The number of allylic oxidation sites excluding steroid dienone is 2. The molecule has 0 heterocycles. The Kier molecular flexibility index (Phi) is 10.2. The molecule has 0 aromatic carbocycles. The fourth-order valence-corrected chi connectivity index (χ4v) is 1.28. The number of carbonyl (C=O) groups is 1. The van der Waals surface area contributed by atoms with E-state index >= 15 is 0 Å². The van der Waals surface area contributed by atoms with Crippen molar-refractivity contribution in [3.05, 3.63) is 12.2 Å². The first kappa shape index (κ1) is 13.5. The van der Waals surface area contributed by atoms with Crippen molar-refractivity contribution in [2.45, 2.75) is 25.7 Å². The van der Waals surface area contributed by atoms with Gasteiger partial charge in [-0.15, -0.1) is 6.42 Å². The molecular formula is C11H15IO2. The number of unbranched alkanes of at least 4 members (excludes halogenated alkanes) is 2. The molecule has 0 unspecified atom stereocenters. The van der Waals surface area contributed by atoms with Gasteiger partial charge in [0.1, 0.15) is 0 Å². The lowest BCUT2D eigenvalue weighted by atomic mass is 10.2. The third-order valence-corrected chi connectivity index (χ3v) is 2.30. The Hall–Kier alpha value is -0.500. The second kappa shape index (κ2) is 10.6. The number of hydrogen-bond acceptors (Lipinski definition) is 2. The predicted molar refractivity (Wildman–Crippen MR) is 66.3 cm³/mol. The Labute approximate surface area is 99.2 Å². The van der Waals surface area contributed by atoms with Gasteiger partial charge in [-0.3, -0.25) is 0 Å². The molecule has 0 aliphatic heterocycles. The third-order valence-electron chi connectivity index (χ3n) is 1.54. The van der Waals surface area contributed by atoms with E-state index in [9.17, 15) is 4.79 Å². The minimum Gasteiger partial charge on any atom is -0.456 e. The van der Waals surface area contributed by atoms with E-state index in [0.29, 0.717) is 6.61 Å². The molecule has 0 saturated heterocycles. The van der Waals surface area contributed by atoms with Gasteiger partial charge in [0.2, 0.25) is 0 Å². The Morgan fingerprint density at radius 1 is 1.36 bits per heavy atom. The molecule has 0 aliphatic carbocycles. The van der Waals surface area contributed by atoms with E-state index in [4.69, 9.17) is 11.2 Å². The standard InChI is InChI=1S/C11H15IO2/c1-2-11(13)14-10-8-6-4-3-5-7-9-12/h1,3-4H,5-10H2/b4-3+. The van der Waals surface area contributed by atoms with Crippen molar-refractivity contribution in [1.29, 1.82) is 0 Å². The molecule has 0 aromatic rings. The first-order valence-electron chi connectivity index (χ1n) is 4.65. The maximum Gasteiger partial charge on any atom is 0.384 e. The lowest BCUT2D eigenvalue weighted by Crippen LogP contribution is -2.01. The summed E-state index contributed by atoms with van der Waals surface area (Å²) >= 11 is 2.36. The zero-order chi connectivity index (χ0) is 10.6. The smallest absolute Gasteiger partial charge is 0.384 e. The van der Waals surface area contributed by atoms with Gasteiger partial charge in [-0.2, -0.15) is 0 Å². The molecule has 0 amide bonds. The highest BCUT2D eigenvalue weighted by molar-refractivity contribution is 14.1. The van der Waals surface area contributed by atoms with Gasteiger partial charge in [-0.1, -0.05) is 34.7 Å². The predicted octanol–water partition coefficient (Wildman–Crippen LogP) is 2.71. The molecule has 0 saturated carbocycles. The molecule has 0 atom stereocenters. The first-order valence-corrected chi connectivity index (χ1v) is 6.18. The van der Waals surface area contributed by atoms with E-state index in [0.717, 1.165) is 19.3 Å². The van der Waals surface area contributed by atoms with Gasteiger partial charge in [0.15, 0.2) is 0 Å². The van der Waals surface area contributed by atoms with Crippen LogP contribution in [0.25, 0.3) is 0 Å². The fourth-order valence-electron chi connectivity index (χ4n) is 0.838. The summed E-state index contributed by atoms with van der Waals surface area (Å²) in [7, 11) is 0. The van der Waals surface area contributed by atoms with Gasteiger partial charge in [0, 0.05) is 5.92 Å². The van der Waals surface area contributed by atoms with Crippen LogP contribution in [0, 0.1) is 12.3 Å². The Morgan fingerprint density at radius 2 is 2.00 bits per heavy atom. The number of rotatable bonds is 7. The SMILES string of the molecule is C#CC(=O)OCCC/C=C/CCCI. The Balaban J connectivity index is 3.17. The first-order chi connectivity index (χ1) is 6.81. The zero-order valence-electron chi connectivity index (χ0n) is 8.17. The second-order valence-corrected chi connectivity index (χ2v) is 3.80. The van der Waals surface area contributed by atoms with E-state index in [1.165, 1.54) is 10.8 Å². The van der Waals surface area contributed by atoms with Crippen LogP contribution in [0.4, 0.5) is 0 Å². The largest absolute Gasteiger partial charge is 0.456 e. The van der Waals surface area contributed by atoms with Crippen LogP contribution < -0.4 is 0 Å². The van der Waals surface area contributed by atoms with Crippen LogP contribution in [0.3, 0.4) is 0 Å². The Morgan fingerprint density at radius 3 is 2.57 bits per heavy atom. The van der Waals surface area contributed by atoms with E-state index < -0.39 is 5.97 Å². The van der Waals surface area contributed by atoms with E-state index in [1.807, 2.05) is 5.92 Å². The van der Waals surface area contributed by atoms with Crippen molar-refractivity contribution in [1.82, 2.24) is 0 Å². The van der Waals surface area contributed by atoms with Crippen LogP contribution in [0.5, 0.6) is 0 Å². The van der Waals surface area contributed by atoms with Crippen molar-refractivity contribution in [2.24, 2.45) is 0 Å². The van der Waals surface area contributed by atoms with Gasteiger partial charge in [-0.25, -0.2) is 4.79 Å².